The molecule has 0 atom stereocenters. The largest absolute Gasteiger partial charge is 0.494 e. The second-order valence-corrected chi connectivity index (χ2v) is 9.04. The molecule has 0 heterocycles. The van der Waals surface area contributed by atoms with Crippen LogP contribution in [0.15, 0.2) is 103 Å². The van der Waals surface area contributed by atoms with Gasteiger partial charge >= 0.3 is 11.9 Å². The number of ether oxygens (including phenoxy) is 3. The maximum Gasteiger partial charge on any atom is 0.338 e. The molecule has 38 heavy (non-hydrogen) atoms. The molecule has 0 unspecified atom stereocenters. The van der Waals surface area contributed by atoms with Crippen LogP contribution in [-0.2, 0) is 14.3 Å². The van der Waals surface area contributed by atoms with E-state index in [0.29, 0.717) is 35.7 Å². The van der Waals surface area contributed by atoms with E-state index in [9.17, 15) is 14.4 Å². The SMILES string of the molecule is C=COC(=O)CCCOc1ccc(C#Cc2ccc(SC(=O)c3ccc(OC(=O)C(=C)C)cc3)cc2)cc1. The van der Waals surface area contributed by atoms with E-state index in [2.05, 4.69) is 29.7 Å². The Bertz CT molecular complexity index is 1360. The van der Waals surface area contributed by atoms with Crippen molar-refractivity contribution in [3.63, 3.8) is 0 Å². The van der Waals surface area contributed by atoms with Crippen LogP contribution in [0, 0.1) is 11.8 Å². The quantitative estimate of drug-likeness (QED) is 0.0580. The van der Waals surface area contributed by atoms with Gasteiger partial charge in [-0.15, -0.1) is 0 Å². The molecule has 3 aromatic carbocycles. The second-order valence-electron chi connectivity index (χ2n) is 7.99. The molecule has 0 spiro atoms. The van der Waals surface area contributed by atoms with E-state index in [-0.39, 0.29) is 17.5 Å². The van der Waals surface area contributed by atoms with Gasteiger partial charge in [0.1, 0.15) is 11.5 Å². The topological polar surface area (TPSA) is 78.9 Å². The number of carbonyl (C=O) groups is 3. The fourth-order valence-corrected chi connectivity index (χ4v) is 3.70. The van der Waals surface area contributed by atoms with E-state index < -0.39 is 5.97 Å². The van der Waals surface area contributed by atoms with Crippen molar-refractivity contribution in [2.75, 3.05) is 6.61 Å². The van der Waals surface area contributed by atoms with Crippen LogP contribution < -0.4 is 9.47 Å². The summed E-state index contributed by atoms with van der Waals surface area (Å²) in [6.07, 6.45) is 1.93. The third kappa shape index (κ3) is 9.16. The molecule has 0 radical (unpaired) electrons. The van der Waals surface area contributed by atoms with Gasteiger partial charge in [-0.25, -0.2) is 4.79 Å². The van der Waals surface area contributed by atoms with Crippen molar-refractivity contribution in [2.45, 2.75) is 24.7 Å². The van der Waals surface area contributed by atoms with Gasteiger partial charge in [-0.2, -0.15) is 0 Å². The van der Waals surface area contributed by atoms with Crippen molar-refractivity contribution in [1.29, 1.82) is 0 Å². The Morgan fingerprint density at radius 1 is 0.868 bits per heavy atom. The lowest BCUT2D eigenvalue weighted by atomic mass is 10.2. The first-order valence-corrected chi connectivity index (χ1v) is 12.5. The van der Waals surface area contributed by atoms with Crippen molar-refractivity contribution < 1.29 is 28.6 Å². The van der Waals surface area contributed by atoms with Crippen molar-refractivity contribution in [3.8, 4) is 23.3 Å². The molecule has 0 aliphatic heterocycles. The third-order valence-electron chi connectivity index (χ3n) is 4.93. The summed E-state index contributed by atoms with van der Waals surface area (Å²) in [4.78, 5) is 36.3. The minimum atomic E-state index is -0.510. The van der Waals surface area contributed by atoms with Gasteiger partial charge in [-0.3, -0.25) is 9.59 Å². The minimum Gasteiger partial charge on any atom is -0.494 e. The highest BCUT2D eigenvalue weighted by atomic mass is 32.2. The standard InChI is InChI=1S/C31H26O6S/c1-4-35-29(32)6-5-21-36-26-15-9-23(10-16-26)7-8-24-11-19-28(20-12-24)38-31(34)25-13-17-27(18-14-25)37-30(33)22(2)3/h4,9-20H,1-2,5-6,21H2,3H3. The molecule has 3 rings (SSSR count). The van der Waals surface area contributed by atoms with E-state index >= 15 is 0 Å². The summed E-state index contributed by atoms with van der Waals surface area (Å²) < 4.78 is 15.4. The summed E-state index contributed by atoms with van der Waals surface area (Å²) in [6.45, 7) is 8.86. The lowest BCUT2D eigenvalue weighted by molar-refractivity contribution is -0.138. The van der Waals surface area contributed by atoms with Crippen LogP contribution in [0.3, 0.4) is 0 Å². The van der Waals surface area contributed by atoms with Crippen LogP contribution >= 0.6 is 11.8 Å². The Morgan fingerprint density at radius 2 is 1.45 bits per heavy atom. The molecule has 0 saturated heterocycles. The lowest BCUT2D eigenvalue weighted by Gasteiger charge is -2.05. The van der Waals surface area contributed by atoms with E-state index in [1.807, 2.05) is 48.5 Å². The molecular weight excluding hydrogens is 500 g/mol. The molecule has 0 bridgehead atoms. The predicted molar refractivity (Wildman–Crippen MR) is 147 cm³/mol. The van der Waals surface area contributed by atoms with Gasteiger partial charge < -0.3 is 14.2 Å². The lowest BCUT2D eigenvalue weighted by Crippen LogP contribution is -2.08. The molecular formula is C31H26O6S. The number of hydrogen-bond acceptors (Lipinski definition) is 7. The molecule has 0 N–H and O–H groups in total. The number of esters is 2. The van der Waals surface area contributed by atoms with Crippen molar-refractivity contribution in [3.05, 3.63) is 114 Å². The average Bonchev–Trinajstić information content (AvgIpc) is 2.92. The van der Waals surface area contributed by atoms with Gasteiger partial charge in [0.15, 0.2) is 0 Å². The zero-order chi connectivity index (χ0) is 27.3. The molecule has 0 saturated carbocycles. The zero-order valence-corrected chi connectivity index (χ0v) is 21.7. The maximum atomic E-state index is 12.6. The number of hydrogen-bond donors (Lipinski definition) is 0. The van der Waals surface area contributed by atoms with Crippen LogP contribution in [0.25, 0.3) is 0 Å². The fraction of sp³-hybridized carbons (Fsp3) is 0.129. The molecule has 7 heteroatoms. The summed E-state index contributed by atoms with van der Waals surface area (Å²) in [5.41, 5.74) is 2.45. The van der Waals surface area contributed by atoms with Crippen LogP contribution in [0.1, 0.15) is 41.3 Å². The summed E-state index contributed by atoms with van der Waals surface area (Å²) in [6, 6.07) is 21.2. The smallest absolute Gasteiger partial charge is 0.338 e. The highest BCUT2D eigenvalue weighted by Crippen LogP contribution is 2.24. The van der Waals surface area contributed by atoms with Gasteiger partial charge in [0.25, 0.3) is 0 Å². The van der Waals surface area contributed by atoms with Gasteiger partial charge in [0.05, 0.1) is 12.9 Å². The molecule has 0 fully saturated rings. The molecule has 6 nitrogen and oxygen atoms in total. The van der Waals surface area contributed by atoms with Crippen molar-refractivity contribution in [1.82, 2.24) is 0 Å². The first-order chi connectivity index (χ1) is 18.3. The Kier molecular flexibility index (Phi) is 10.5. The average molecular weight is 527 g/mol. The summed E-state index contributed by atoms with van der Waals surface area (Å²) in [5.74, 6) is 6.42. The molecule has 0 amide bonds. The monoisotopic (exact) mass is 526 g/mol. The number of rotatable bonds is 10. The normalized spacial score (nSPS) is 9.92. The van der Waals surface area contributed by atoms with Gasteiger partial charge in [0.2, 0.25) is 5.12 Å². The highest BCUT2D eigenvalue weighted by Gasteiger charge is 2.10. The first kappa shape index (κ1) is 28.0. The Balaban J connectivity index is 1.49. The number of benzene rings is 3. The van der Waals surface area contributed by atoms with E-state index in [4.69, 9.17) is 9.47 Å². The van der Waals surface area contributed by atoms with E-state index in [1.54, 1.807) is 31.2 Å². The summed E-state index contributed by atoms with van der Waals surface area (Å²) in [5, 5.41) is -0.124. The van der Waals surface area contributed by atoms with Gasteiger partial charge in [0, 0.05) is 33.6 Å². The molecule has 192 valence electrons. The second kappa shape index (κ2) is 14.3. The van der Waals surface area contributed by atoms with Crippen LogP contribution in [0.4, 0.5) is 0 Å². The summed E-state index contributed by atoms with van der Waals surface area (Å²) in [7, 11) is 0. The summed E-state index contributed by atoms with van der Waals surface area (Å²) >= 11 is 1.11. The fourth-order valence-electron chi connectivity index (χ4n) is 2.96. The molecule has 3 aromatic rings. The molecule has 0 aliphatic rings. The predicted octanol–water partition coefficient (Wildman–Crippen LogP) is 6.35. The Morgan fingerprint density at radius 3 is 2.03 bits per heavy atom. The number of carbonyl (C=O) groups excluding carboxylic acids is 3. The Hall–Kier alpha value is -4.54. The van der Waals surface area contributed by atoms with Crippen LogP contribution in [0.5, 0.6) is 11.5 Å². The molecule has 0 aliphatic carbocycles. The van der Waals surface area contributed by atoms with Crippen LogP contribution in [0.2, 0.25) is 0 Å². The van der Waals surface area contributed by atoms with Crippen molar-refractivity contribution in [2.24, 2.45) is 0 Å². The number of thioether (sulfide) groups is 1. The minimum absolute atomic E-state index is 0.124. The van der Waals surface area contributed by atoms with Gasteiger partial charge in [-0.05, 0) is 97.9 Å². The van der Waals surface area contributed by atoms with Gasteiger partial charge in [-0.1, -0.05) is 25.0 Å². The van der Waals surface area contributed by atoms with Crippen molar-refractivity contribution >= 4 is 28.8 Å². The van der Waals surface area contributed by atoms with Crippen LogP contribution in [-0.4, -0.2) is 23.7 Å². The van der Waals surface area contributed by atoms with E-state index in [0.717, 1.165) is 34.0 Å². The molecule has 0 aromatic heterocycles. The maximum absolute atomic E-state index is 12.6. The zero-order valence-electron chi connectivity index (χ0n) is 20.9. The third-order valence-corrected chi connectivity index (χ3v) is 5.86. The Labute approximate surface area is 226 Å². The van der Waals surface area contributed by atoms with E-state index in [1.165, 1.54) is 0 Å². The first-order valence-electron chi connectivity index (χ1n) is 11.7. The highest BCUT2D eigenvalue weighted by molar-refractivity contribution is 8.14.